The molecule has 0 aliphatic heterocycles. The molecule has 0 spiro atoms. The summed E-state index contributed by atoms with van der Waals surface area (Å²) in [5, 5.41) is 0.338. The van der Waals surface area contributed by atoms with Crippen molar-refractivity contribution >= 4 is 17.6 Å². The number of hydrogen-bond donors (Lipinski definition) is 0. The summed E-state index contributed by atoms with van der Waals surface area (Å²) in [6.45, 7) is 0. The molecule has 0 saturated carbocycles. The molecule has 0 atom stereocenters. The summed E-state index contributed by atoms with van der Waals surface area (Å²) in [5.74, 6) is 5.01. The van der Waals surface area contributed by atoms with Gasteiger partial charge in [0.25, 0.3) is 0 Å². The first-order chi connectivity index (χ1) is 6.74. The third kappa shape index (κ3) is 3.08. The average molecular weight is 210 g/mol. The van der Waals surface area contributed by atoms with Crippen molar-refractivity contribution in [3.8, 4) is 11.8 Å². The van der Waals surface area contributed by atoms with Crippen molar-refractivity contribution in [2.75, 3.05) is 7.11 Å². The van der Waals surface area contributed by atoms with Gasteiger partial charge in [-0.2, -0.15) is 0 Å². The highest BCUT2D eigenvalue weighted by Crippen LogP contribution is 2.09. The van der Waals surface area contributed by atoms with E-state index in [2.05, 4.69) is 21.6 Å². The molecule has 0 N–H and O–H groups in total. The van der Waals surface area contributed by atoms with Crippen LogP contribution in [0.2, 0.25) is 5.15 Å². The van der Waals surface area contributed by atoms with Crippen molar-refractivity contribution in [2.24, 2.45) is 0 Å². The van der Waals surface area contributed by atoms with E-state index >= 15 is 0 Å². The molecule has 72 valence electrons. The standard InChI is InChI=1S/C10H8ClNO2/c1-14-9(13)6-2-4-8-5-3-7-12-10(8)11/h3,5,7H,6H2,1H3. The average Bonchev–Trinajstić information content (AvgIpc) is 2.20. The van der Waals surface area contributed by atoms with E-state index in [1.165, 1.54) is 7.11 Å². The molecule has 0 unspecified atom stereocenters. The van der Waals surface area contributed by atoms with Gasteiger partial charge in [-0.3, -0.25) is 4.79 Å². The van der Waals surface area contributed by atoms with E-state index in [0.717, 1.165) is 0 Å². The molecular weight excluding hydrogens is 202 g/mol. The third-order valence-electron chi connectivity index (χ3n) is 1.44. The molecule has 0 aliphatic carbocycles. The molecule has 3 nitrogen and oxygen atoms in total. The van der Waals surface area contributed by atoms with Gasteiger partial charge in [-0.15, -0.1) is 0 Å². The topological polar surface area (TPSA) is 39.2 Å². The van der Waals surface area contributed by atoms with Crippen LogP contribution in [-0.2, 0) is 9.53 Å². The zero-order valence-corrected chi connectivity index (χ0v) is 8.34. The van der Waals surface area contributed by atoms with Gasteiger partial charge in [0.05, 0.1) is 12.7 Å². The molecule has 1 aromatic rings. The summed E-state index contributed by atoms with van der Waals surface area (Å²) >= 11 is 5.74. The quantitative estimate of drug-likeness (QED) is 0.401. The van der Waals surface area contributed by atoms with Gasteiger partial charge in [0, 0.05) is 6.20 Å². The minimum atomic E-state index is -0.363. The number of rotatable bonds is 1. The van der Waals surface area contributed by atoms with Crippen LogP contribution in [0.1, 0.15) is 12.0 Å². The number of carbonyl (C=O) groups is 1. The molecule has 0 amide bonds. The van der Waals surface area contributed by atoms with Crippen molar-refractivity contribution in [1.82, 2.24) is 4.98 Å². The highest BCUT2D eigenvalue weighted by Gasteiger charge is 1.96. The molecule has 0 aliphatic rings. The van der Waals surface area contributed by atoms with Crippen molar-refractivity contribution < 1.29 is 9.53 Å². The number of methoxy groups -OCH3 is 1. The maximum atomic E-state index is 10.7. The largest absolute Gasteiger partial charge is 0.468 e. The number of esters is 1. The van der Waals surface area contributed by atoms with Gasteiger partial charge in [-0.25, -0.2) is 4.98 Å². The van der Waals surface area contributed by atoms with Gasteiger partial charge in [0.1, 0.15) is 11.6 Å². The lowest BCUT2D eigenvalue weighted by atomic mass is 10.3. The number of carbonyl (C=O) groups excluding carboxylic acids is 1. The monoisotopic (exact) mass is 209 g/mol. The predicted octanol–water partition coefficient (Wildman–Crippen LogP) is 1.65. The lowest BCUT2D eigenvalue weighted by Gasteiger charge is -1.92. The maximum absolute atomic E-state index is 10.7. The third-order valence-corrected chi connectivity index (χ3v) is 1.74. The van der Waals surface area contributed by atoms with E-state index in [0.29, 0.717) is 10.7 Å². The molecule has 0 aromatic carbocycles. The summed E-state index contributed by atoms with van der Waals surface area (Å²) in [5.41, 5.74) is 0.609. The zero-order valence-electron chi connectivity index (χ0n) is 7.58. The first-order valence-electron chi connectivity index (χ1n) is 3.90. The zero-order chi connectivity index (χ0) is 10.4. The van der Waals surface area contributed by atoms with Crippen molar-refractivity contribution in [2.45, 2.75) is 6.42 Å². The van der Waals surface area contributed by atoms with Crippen molar-refractivity contribution in [1.29, 1.82) is 0 Å². The van der Waals surface area contributed by atoms with E-state index in [4.69, 9.17) is 11.6 Å². The van der Waals surface area contributed by atoms with E-state index in [1.807, 2.05) is 0 Å². The molecule has 0 bridgehead atoms. The van der Waals surface area contributed by atoms with Crippen LogP contribution in [0.3, 0.4) is 0 Å². The fourth-order valence-corrected chi connectivity index (χ4v) is 0.930. The number of halogens is 1. The number of aromatic nitrogens is 1. The SMILES string of the molecule is COC(=O)CC#Cc1cccnc1Cl. The van der Waals surface area contributed by atoms with E-state index in [1.54, 1.807) is 18.3 Å². The van der Waals surface area contributed by atoms with Gasteiger partial charge >= 0.3 is 5.97 Å². The Morgan fingerprint density at radius 3 is 3.14 bits per heavy atom. The highest BCUT2D eigenvalue weighted by atomic mass is 35.5. The second-order valence-corrected chi connectivity index (χ2v) is 2.75. The Kier molecular flexibility index (Phi) is 3.96. The predicted molar refractivity (Wildman–Crippen MR) is 52.8 cm³/mol. The Balaban J connectivity index is 2.68. The second kappa shape index (κ2) is 5.25. The summed E-state index contributed by atoms with van der Waals surface area (Å²) in [6, 6.07) is 3.47. The Labute approximate surface area is 87.1 Å². The van der Waals surface area contributed by atoms with Crippen LogP contribution in [0.5, 0.6) is 0 Å². The smallest absolute Gasteiger partial charge is 0.317 e. The van der Waals surface area contributed by atoms with Crippen LogP contribution in [-0.4, -0.2) is 18.1 Å². The summed E-state index contributed by atoms with van der Waals surface area (Å²) in [6.07, 6.45) is 1.63. The number of ether oxygens (including phenoxy) is 1. The fraction of sp³-hybridized carbons (Fsp3) is 0.200. The second-order valence-electron chi connectivity index (χ2n) is 2.40. The van der Waals surface area contributed by atoms with Gasteiger partial charge < -0.3 is 4.74 Å². The van der Waals surface area contributed by atoms with Crippen LogP contribution in [0, 0.1) is 11.8 Å². The van der Waals surface area contributed by atoms with E-state index in [-0.39, 0.29) is 12.4 Å². The van der Waals surface area contributed by atoms with Crippen LogP contribution in [0.25, 0.3) is 0 Å². The first kappa shape index (κ1) is 10.6. The summed E-state index contributed by atoms with van der Waals surface area (Å²) in [4.78, 5) is 14.6. The fourth-order valence-electron chi connectivity index (χ4n) is 0.763. The molecule has 1 rings (SSSR count). The van der Waals surface area contributed by atoms with Gasteiger partial charge in [-0.05, 0) is 12.1 Å². The Bertz CT molecular complexity index is 393. The van der Waals surface area contributed by atoms with Crippen LogP contribution in [0.15, 0.2) is 18.3 Å². The molecular formula is C10H8ClNO2. The normalized spacial score (nSPS) is 8.71. The summed E-state index contributed by atoms with van der Waals surface area (Å²) in [7, 11) is 1.32. The van der Waals surface area contributed by atoms with Gasteiger partial charge in [-0.1, -0.05) is 23.4 Å². The van der Waals surface area contributed by atoms with Gasteiger partial charge in [0.2, 0.25) is 0 Å². The molecule has 1 aromatic heterocycles. The molecule has 4 heteroatoms. The minimum absolute atomic E-state index is 0.0573. The molecule has 0 saturated heterocycles. The molecule has 1 heterocycles. The highest BCUT2D eigenvalue weighted by molar-refractivity contribution is 6.30. The lowest BCUT2D eigenvalue weighted by Crippen LogP contribution is -1.97. The van der Waals surface area contributed by atoms with Crippen LogP contribution >= 0.6 is 11.6 Å². The number of nitrogens with zero attached hydrogens (tertiary/aromatic N) is 1. The Morgan fingerprint density at radius 1 is 1.71 bits per heavy atom. The van der Waals surface area contributed by atoms with E-state index < -0.39 is 0 Å². The molecule has 0 radical (unpaired) electrons. The molecule has 14 heavy (non-hydrogen) atoms. The number of pyridine rings is 1. The maximum Gasteiger partial charge on any atom is 0.317 e. The Hall–Kier alpha value is -1.53. The van der Waals surface area contributed by atoms with Gasteiger partial charge in [0.15, 0.2) is 0 Å². The molecule has 0 fully saturated rings. The van der Waals surface area contributed by atoms with Crippen molar-refractivity contribution in [3.63, 3.8) is 0 Å². The first-order valence-corrected chi connectivity index (χ1v) is 4.28. The van der Waals surface area contributed by atoms with Crippen LogP contribution in [0.4, 0.5) is 0 Å². The summed E-state index contributed by atoms with van der Waals surface area (Å²) < 4.78 is 4.43. The lowest BCUT2D eigenvalue weighted by molar-refractivity contribution is -0.139. The van der Waals surface area contributed by atoms with E-state index in [9.17, 15) is 4.79 Å². The van der Waals surface area contributed by atoms with Crippen LogP contribution < -0.4 is 0 Å². The minimum Gasteiger partial charge on any atom is -0.468 e. The van der Waals surface area contributed by atoms with Crippen molar-refractivity contribution in [3.05, 3.63) is 29.0 Å². The Morgan fingerprint density at radius 2 is 2.50 bits per heavy atom. The number of hydrogen-bond acceptors (Lipinski definition) is 3.